The first-order chi connectivity index (χ1) is 18.0. The fraction of sp³-hybridized carbons (Fsp3) is 0.280. The van der Waals surface area contributed by atoms with Crippen LogP contribution in [0.2, 0.25) is 0 Å². The van der Waals surface area contributed by atoms with Gasteiger partial charge in [0.25, 0.3) is 0 Å². The summed E-state index contributed by atoms with van der Waals surface area (Å²) in [6.07, 6.45) is 3.60. The molecule has 2 aromatic heterocycles. The molecule has 1 unspecified atom stereocenters. The van der Waals surface area contributed by atoms with E-state index in [1.54, 1.807) is 6.07 Å². The number of aliphatic hydroxyl groups is 1. The molecule has 0 bridgehead atoms. The standard InChI is InChI=1S/C25H21F4N5O3/c26-19-11-20(27)17(10-16(19)18(12-35)23-24(37-25(28)29)31-4-3-30-23)22-15-2-1-14(9-21(15)32-13-33-22)34-5-7-36-8-6-34/h1-4,9-11,13,18,25,35H,5-8,12H2. The Morgan fingerprint density at radius 2 is 1.76 bits per heavy atom. The molecule has 192 valence electrons. The lowest BCUT2D eigenvalue weighted by Crippen LogP contribution is -2.36. The quantitative estimate of drug-likeness (QED) is 0.370. The molecular weight excluding hydrogens is 494 g/mol. The number of fused-ring (bicyclic) bond motifs is 1. The SMILES string of the molecule is OCC(c1cc(-c2ncnc3cc(N4CCOCC4)ccc23)c(F)cc1F)c1nccnc1OC(F)F. The van der Waals surface area contributed by atoms with Crippen LogP contribution in [0.4, 0.5) is 23.2 Å². The van der Waals surface area contributed by atoms with E-state index in [1.807, 2.05) is 12.1 Å². The number of halogens is 4. The molecule has 0 saturated carbocycles. The van der Waals surface area contributed by atoms with Gasteiger partial charge in [0.1, 0.15) is 23.7 Å². The van der Waals surface area contributed by atoms with Crippen molar-refractivity contribution in [2.24, 2.45) is 0 Å². The van der Waals surface area contributed by atoms with Crippen molar-refractivity contribution < 1.29 is 32.1 Å². The van der Waals surface area contributed by atoms with Gasteiger partial charge in [-0.1, -0.05) is 0 Å². The Balaban J connectivity index is 1.59. The van der Waals surface area contributed by atoms with Crippen molar-refractivity contribution in [1.82, 2.24) is 19.9 Å². The van der Waals surface area contributed by atoms with E-state index in [1.165, 1.54) is 18.6 Å². The zero-order chi connectivity index (χ0) is 25.9. The van der Waals surface area contributed by atoms with Gasteiger partial charge < -0.3 is 19.5 Å². The fourth-order valence-corrected chi connectivity index (χ4v) is 4.37. The van der Waals surface area contributed by atoms with Gasteiger partial charge in [0.15, 0.2) is 0 Å². The highest BCUT2D eigenvalue weighted by Crippen LogP contribution is 2.36. The van der Waals surface area contributed by atoms with Crippen LogP contribution in [-0.4, -0.2) is 64.6 Å². The van der Waals surface area contributed by atoms with Gasteiger partial charge in [-0.05, 0) is 24.3 Å². The molecule has 2 aromatic carbocycles. The van der Waals surface area contributed by atoms with E-state index in [-0.39, 0.29) is 22.5 Å². The Bertz CT molecular complexity index is 1420. The molecule has 1 fully saturated rings. The Kier molecular flexibility index (Phi) is 7.10. The van der Waals surface area contributed by atoms with Crippen LogP contribution in [0.15, 0.2) is 49.1 Å². The minimum absolute atomic E-state index is 0.0541. The highest BCUT2D eigenvalue weighted by molar-refractivity contribution is 5.94. The summed E-state index contributed by atoms with van der Waals surface area (Å²) < 4.78 is 65.7. The number of hydrogen-bond donors (Lipinski definition) is 1. The summed E-state index contributed by atoms with van der Waals surface area (Å²) in [5.74, 6) is -3.71. The molecule has 1 N–H and O–H groups in total. The zero-order valence-corrected chi connectivity index (χ0v) is 19.3. The van der Waals surface area contributed by atoms with E-state index >= 15 is 4.39 Å². The molecule has 8 nitrogen and oxygen atoms in total. The maximum atomic E-state index is 15.1. The molecule has 0 radical (unpaired) electrons. The van der Waals surface area contributed by atoms with Gasteiger partial charge in [-0.15, -0.1) is 0 Å². The lowest BCUT2D eigenvalue weighted by Gasteiger charge is -2.29. The van der Waals surface area contributed by atoms with Crippen molar-refractivity contribution in [3.63, 3.8) is 0 Å². The van der Waals surface area contributed by atoms with Crippen LogP contribution in [0.3, 0.4) is 0 Å². The monoisotopic (exact) mass is 515 g/mol. The first-order valence-corrected chi connectivity index (χ1v) is 11.4. The minimum Gasteiger partial charge on any atom is -0.415 e. The molecule has 12 heteroatoms. The summed E-state index contributed by atoms with van der Waals surface area (Å²) >= 11 is 0. The Hall–Kier alpha value is -3.90. The summed E-state index contributed by atoms with van der Waals surface area (Å²) in [5.41, 5.74) is 1.23. The number of aromatic nitrogens is 4. The molecule has 4 aromatic rings. The van der Waals surface area contributed by atoms with Gasteiger partial charge in [0.05, 0.1) is 36.9 Å². The lowest BCUT2D eigenvalue weighted by atomic mass is 9.92. The Morgan fingerprint density at radius 1 is 0.973 bits per heavy atom. The molecule has 1 aliphatic heterocycles. The number of benzene rings is 2. The number of rotatable bonds is 7. The smallest absolute Gasteiger partial charge is 0.388 e. The second kappa shape index (κ2) is 10.6. The van der Waals surface area contributed by atoms with Crippen LogP contribution in [0.5, 0.6) is 5.88 Å². The first kappa shape index (κ1) is 24.8. The third-order valence-electron chi connectivity index (χ3n) is 6.12. The van der Waals surface area contributed by atoms with Crippen LogP contribution >= 0.6 is 0 Å². The highest BCUT2D eigenvalue weighted by atomic mass is 19.3. The highest BCUT2D eigenvalue weighted by Gasteiger charge is 2.27. The molecular formula is C25H21F4N5O3. The van der Waals surface area contributed by atoms with Crippen molar-refractivity contribution in [2.75, 3.05) is 37.8 Å². The molecule has 3 heterocycles. The van der Waals surface area contributed by atoms with Crippen molar-refractivity contribution in [3.05, 3.63) is 71.9 Å². The number of nitrogens with zero attached hydrogens (tertiary/aromatic N) is 5. The summed E-state index contributed by atoms with van der Waals surface area (Å²) in [7, 11) is 0. The van der Waals surface area contributed by atoms with Gasteiger partial charge in [0, 0.05) is 53.8 Å². The van der Waals surface area contributed by atoms with E-state index in [2.05, 4.69) is 29.6 Å². The van der Waals surface area contributed by atoms with Gasteiger partial charge in [-0.3, -0.25) is 4.98 Å². The zero-order valence-electron chi connectivity index (χ0n) is 19.3. The van der Waals surface area contributed by atoms with Gasteiger partial charge in [-0.25, -0.2) is 23.7 Å². The molecule has 0 spiro atoms. The average molecular weight is 515 g/mol. The number of anilines is 1. The third-order valence-corrected chi connectivity index (χ3v) is 6.12. The Labute approximate surface area is 208 Å². The van der Waals surface area contributed by atoms with Crippen LogP contribution in [0.25, 0.3) is 22.2 Å². The van der Waals surface area contributed by atoms with E-state index in [9.17, 15) is 18.3 Å². The molecule has 1 atom stereocenters. The van der Waals surface area contributed by atoms with Crippen molar-refractivity contribution in [2.45, 2.75) is 12.5 Å². The lowest BCUT2D eigenvalue weighted by molar-refractivity contribution is -0.0541. The summed E-state index contributed by atoms with van der Waals surface area (Å²) in [5, 5.41) is 10.6. The van der Waals surface area contributed by atoms with E-state index in [0.29, 0.717) is 30.2 Å². The van der Waals surface area contributed by atoms with E-state index in [0.717, 1.165) is 25.0 Å². The molecule has 0 amide bonds. The third kappa shape index (κ3) is 5.02. The van der Waals surface area contributed by atoms with Crippen molar-refractivity contribution in [3.8, 4) is 17.1 Å². The van der Waals surface area contributed by atoms with Crippen LogP contribution in [0.1, 0.15) is 17.2 Å². The summed E-state index contributed by atoms with van der Waals surface area (Å²) in [4.78, 5) is 18.4. The molecule has 5 rings (SSSR count). The average Bonchev–Trinajstić information content (AvgIpc) is 2.91. The fourth-order valence-electron chi connectivity index (χ4n) is 4.37. The second-order valence-electron chi connectivity index (χ2n) is 8.24. The largest absolute Gasteiger partial charge is 0.415 e. The minimum atomic E-state index is -3.21. The van der Waals surface area contributed by atoms with Gasteiger partial charge in [0.2, 0.25) is 5.88 Å². The number of alkyl halides is 2. The number of morpholine rings is 1. The summed E-state index contributed by atoms with van der Waals surface area (Å²) in [6, 6.07) is 7.33. The molecule has 0 aliphatic carbocycles. The number of hydrogen-bond acceptors (Lipinski definition) is 8. The number of aliphatic hydroxyl groups excluding tert-OH is 1. The predicted molar refractivity (Wildman–Crippen MR) is 126 cm³/mol. The second-order valence-corrected chi connectivity index (χ2v) is 8.24. The van der Waals surface area contributed by atoms with Crippen LogP contribution < -0.4 is 9.64 Å². The normalized spacial score (nSPS) is 14.8. The molecule has 37 heavy (non-hydrogen) atoms. The van der Waals surface area contributed by atoms with E-state index in [4.69, 9.17) is 4.74 Å². The van der Waals surface area contributed by atoms with Crippen molar-refractivity contribution >= 4 is 16.6 Å². The van der Waals surface area contributed by atoms with E-state index < -0.39 is 36.7 Å². The Morgan fingerprint density at radius 3 is 2.51 bits per heavy atom. The molecule has 1 saturated heterocycles. The topological polar surface area (TPSA) is 93.5 Å². The van der Waals surface area contributed by atoms with Crippen LogP contribution in [0, 0.1) is 11.6 Å². The van der Waals surface area contributed by atoms with Gasteiger partial charge >= 0.3 is 6.61 Å². The van der Waals surface area contributed by atoms with Gasteiger partial charge in [-0.2, -0.15) is 8.78 Å². The predicted octanol–water partition coefficient (Wildman–Crippen LogP) is 3.93. The summed E-state index contributed by atoms with van der Waals surface area (Å²) in [6.45, 7) is -1.27. The first-order valence-electron chi connectivity index (χ1n) is 11.4. The van der Waals surface area contributed by atoms with Crippen LogP contribution in [-0.2, 0) is 4.74 Å². The van der Waals surface area contributed by atoms with Crippen molar-refractivity contribution in [1.29, 1.82) is 0 Å². The maximum Gasteiger partial charge on any atom is 0.388 e. The molecule has 1 aliphatic rings. The number of ether oxygens (including phenoxy) is 2. The maximum absolute atomic E-state index is 15.1.